The Bertz CT molecular complexity index is 467. The van der Waals surface area contributed by atoms with E-state index in [1.807, 2.05) is 30.1 Å². The number of likely N-dealkylation sites (N-methyl/N-ethyl adjacent to an activating group) is 1. The number of nitrogens with zero attached hydrogens (tertiary/aromatic N) is 1. The predicted molar refractivity (Wildman–Crippen MR) is 77.5 cm³/mol. The fourth-order valence-electron chi connectivity index (χ4n) is 2.18. The van der Waals surface area contributed by atoms with Crippen molar-refractivity contribution in [3.05, 3.63) is 28.2 Å². The van der Waals surface area contributed by atoms with E-state index in [2.05, 4.69) is 26.6 Å². The van der Waals surface area contributed by atoms with Gasteiger partial charge in [0.25, 0.3) is 0 Å². The first-order valence-electron chi connectivity index (χ1n) is 6.19. The highest BCUT2D eigenvalue weighted by Crippen LogP contribution is 2.31. The second kappa shape index (κ2) is 6.25. The van der Waals surface area contributed by atoms with Crippen molar-refractivity contribution in [1.29, 1.82) is 0 Å². The smallest absolute Gasteiger partial charge is 0.318 e. The lowest BCUT2D eigenvalue weighted by molar-refractivity contribution is 0.218. The highest BCUT2D eigenvalue weighted by molar-refractivity contribution is 9.10. The molecule has 1 atom stereocenters. The number of hydrogen-bond acceptors (Lipinski definition) is 3. The molecule has 2 rings (SSSR count). The second-order valence-electron chi connectivity index (χ2n) is 4.44. The fourth-order valence-corrected chi connectivity index (χ4v) is 2.56. The van der Waals surface area contributed by atoms with Crippen LogP contribution in [0.4, 0.5) is 4.79 Å². The van der Waals surface area contributed by atoms with E-state index < -0.39 is 0 Å². The summed E-state index contributed by atoms with van der Waals surface area (Å²) in [5.41, 5.74) is 0.997. The standard InChI is InChI=1S/C13H18BrN3O2/c1-15-5-6-17-8-11(16-13(17)18)10-7-9(14)3-4-12(10)19-2/h3-4,7,11,15H,5-6,8H2,1-2H3,(H,16,18). The zero-order valence-corrected chi connectivity index (χ0v) is 12.7. The minimum atomic E-state index is -0.0307. The molecule has 2 amide bonds. The van der Waals surface area contributed by atoms with Crippen molar-refractivity contribution in [2.45, 2.75) is 6.04 Å². The number of methoxy groups -OCH3 is 1. The van der Waals surface area contributed by atoms with Crippen LogP contribution in [0.3, 0.4) is 0 Å². The number of halogens is 1. The number of rotatable bonds is 5. The molecule has 2 N–H and O–H groups in total. The van der Waals surface area contributed by atoms with E-state index >= 15 is 0 Å². The topological polar surface area (TPSA) is 53.6 Å². The van der Waals surface area contributed by atoms with Gasteiger partial charge in [-0.1, -0.05) is 15.9 Å². The molecule has 6 heteroatoms. The Morgan fingerprint density at radius 1 is 1.58 bits per heavy atom. The molecule has 1 aliphatic heterocycles. The van der Waals surface area contributed by atoms with Gasteiger partial charge in [-0.3, -0.25) is 0 Å². The van der Waals surface area contributed by atoms with Crippen LogP contribution in [-0.4, -0.2) is 44.7 Å². The Kier molecular flexibility index (Phi) is 4.66. The summed E-state index contributed by atoms with van der Waals surface area (Å²) in [4.78, 5) is 13.7. The number of ether oxygens (including phenoxy) is 1. The average Bonchev–Trinajstić information content (AvgIpc) is 2.77. The summed E-state index contributed by atoms with van der Waals surface area (Å²) in [6, 6.07) is 5.77. The minimum absolute atomic E-state index is 0.0257. The molecule has 1 heterocycles. The summed E-state index contributed by atoms with van der Waals surface area (Å²) in [5, 5.41) is 6.04. The lowest BCUT2D eigenvalue weighted by Crippen LogP contribution is -2.33. The zero-order valence-electron chi connectivity index (χ0n) is 11.1. The first-order chi connectivity index (χ1) is 9.15. The van der Waals surface area contributed by atoms with E-state index in [9.17, 15) is 4.79 Å². The van der Waals surface area contributed by atoms with Gasteiger partial charge in [0.2, 0.25) is 0 Å². The maximum absolute atomic E-state index is 11.9. The number of carbonyl (C=O) groups is 1. The molecule has 0 radical (unpaired) electrons. The molecule has 0 aliphatic carbocycles. The Morgan fingerprint density at radius 3 is 3.05 bits per heavy atom. The van der Waals surface area contributed by atoms with E-state index in [0.29, 0.717) is 13.1 Å². The summed E-state index contributed by atoms with van der Waals surface area (Å²) in [6.07, 6.45) is 0. The number of carbonyl (C=O) groups excluding carboxylic acids is 1. The van der Waals surface area contributed by atoms with E-state index in [1.165, 1.54) is 0 Å². The molecule has 1 unspecified atom stereocenters. The predicted octanol–water partition coefficient (Wildman–Crippen LogP) is 1.74. The number of hydrogen-bond donors (Lipinski definition) is 2. The monoisotopic (exact) mass is 327 g/mol. The summed E-state index contributed by atoms with van der Waals surface area (Å²) >= 11 is 3.45. The van der Waals surface area contributed by atoms with Gasteiger partial charge in [-0.2, -0.15) is 0 Å². The lowest BCUT2D eigenvalue weighted by atomic mass is 10.1. The number of nitrogens with one attached hydrogen (secondary N) is 2. The van der Waals surface area contributed by atoms with Gasteiger partial charge in [0.05, 0.1) is 13.2 Å². The second-order valence-corrected chi connectivity index (χ2v) is 5.35. The van der Waals surface area contributed by atoms with Crippen LogP contribution in [0, 0.1) is 0 Å². The Balaban J connectivity index is 2.15. The van der Waals surface area contributed by atoms with Gasteiger partial charge in [0, 0.05) is 29.7 Å². The van der Waals surface area contributed by atoms with Gasteiger partial charge >= 0.3 is 6.03 Å². The van der Waals surface area contributed by atoms with Crippen LogP contribution in [-0.2, 0) is 0 Å². The van der Waals surface area contributed by atoms with Crippen molar-refractivity contribution in [1.82, 2.24) is 15.5 Å². The average molecular weight is 328 g/mol. The minimum Gasteiger partial charge on any atom is -0.496 e. The lowest BCUT2D eigenvalue weighted by Gasteiger charge is -2.16. The van der Waals surface area contributed by atoms with E-state index in [4.69, 9.17) is 4.74 Å². The van der Waals surface area contributed by atoms with Gasteiger partial charge in [0.15, 0.2) is 0 Å². The maximum Gasteiger partial charge on any atom is 0.318 e. The highest BCUT2D eigenvalue weighted by Gasteiger charge is 2.31. The van der Waals surface area contributed by atoms with Gasteiger partial charge in [-0.05, 0) is 25.2 Å². The molecule has 5 nitrogen and oxygen atoms in total. The molecule has 0 spiro atoms. The highest BCUT2D eigenvalue weighted by atomic mass is 79.9. The molecule has 104 valence electrons. The fraction of sp³-hybridized carbons (Fsp3) is 0.462. The van der Waals surface area contributed by atoms with Crippen LogP contribution in [0.5, 0.6) is 5.75 Å². The summed E-state index contributed by atoms with van der Waals surface area (Å²) in [6.45, 7) is 2.15. The van der Waals surface area contributed by atoms with Gasteiger partial charge in [-0.25, -0.2) is 4.79 Å². The van der Waals surface area contributed by atoms with E-state index in [1.54, 1.807) is 7.11 Å². The third-order valence-corrected chi connectivity index (χ3v) is 3.68. The van der Waals surface area contributed by atoms with Crippen molar-refractivity contribution in [2.24, 2.45) is 0 Å². The molecule has 1 aliphatic rings. The molecule has 1 saturated heterocycles. The van der Waals surface area contributed by atoms with Crippen molar-refractivity contribution in [3.8, 4) is 5.75 Å². The van der Waals surface area contributed by atoms with Crippen LogP contribution in [0.15, 0.2) is 22.7 Å². The van der Waals surface area contributed by atoms with Gasteiger partial charge in [0.1, 0.15) is 5.75 Å². The molecule has 19 heavy (non-hydrogen) atoms. The normalized spacial score (nSPS) is 18.6. The molecule has 0 saturated carbocycles. The third kappa shape index (κ3) is 3.19. The number of benzene rings is 1. The first kappa shape index (κ1) is 14.1. The maximum atomic E-state index is 11.9. The summed E-state index contributed by atoms with van der Waals surface area (Å²) in [7, 11) is 3.52. The van der Waals surface area contributed by atoms with E-state index in [0.717, 1.165) is 22.3 Å². The molecular formula is C13H18BrN3O2. The molecule has 0 aromatic heterocycles. The molecule has 1 aromatic carbocycles. The van der Waals surface area contributed by atoms with Gasteiger partial charge in [-0.15, -0.1) is 0 Å². The van der Waals surface area contributed by atoms with Gasteiger partial charge < -0.3 is 20.3 Å². The molecular weight excluding hydrogens is 310 g/mol. The van der Waals surface area contributed by atoms with Crippen molar-refractivity contribution < 1.29 is 9.53 Å². The van der Waals surface area contributed by atoms with Crippen LogP contribution in [0.25, 0.3) is 0 Å². The number of amides is 2. The Labute approximate surface area is 121 Å². The Hall–Kier alpha value is -1.27. The first-order valence-corrected chi connectivity index (χ1v) is 6.98. The van der Waals surface area contributed by atoms with Crippen LogP contribution < -0.4 is 15.4 Å². The quantitative estimate of drug-likeness (QED) is 0.866. The van der Waals surface area contributed by atoms with Crippen molar-refractivity contribution in [2.75, 3.05) is 33.8 Å². The molecule has 1 fully saturated rings. The van der Waals surface area contributed by atoms with Crippen LogP contribution in [0.1, 0.15) is 11.6 Å². The SMILES string of the molecule is CNCCN1CC(c2cc(Br)ccc2OC)NC1=O. The van der Waals surface area contributed by atoms with Crippen molar-refractivity contribution >= 4 is 22.0 Å². The van der Waals surface area contributed by atoms with E-state index in [-0.39, 0.29) is 12.1 Å². The number of urea groups is 1. The zero-order chi connectivity index (χ0) is 13.8. The summed E-state index contributed by atoms with van der Waals surface area (Å²) < 4.78 is 6.34. The largest absolute Gasteiger partial charge is 0.496 e. The van der Waals surface area contributed by atoms with Crippen LogP contribution in [0.2, 0.25) is 0 Å². The Morgan fingerprint density at radius 2 is 2.37 bits per heavy atom. The van der Waals surface area contributed by atoms with Crippen LogP contribution >= 0.6 is 15.9 Å². The third-order valence-electron chi connectivity index (χ3n) is 3.19. The van der Waals surface area contributed by atoms with Crippen molar-refractivity contribution in [3.63, 3.8) is 0 Å². The molecule has 0 bridgehead atoms. The molecule has 1 aromatic rings. The summed E-state index contributed by atoms with van der Waals surface area (Å²) in [5.74, 6) is 0.795.